The predicted molar refractivity (Wildman–Crippen MR) is 78.2 cm³/mol. The van der Waals surface area contributed by atoms with Crippen LogP contribution in [0.25, 0.3) is 0 Å². The number of nitrogens with zero attached hydrogens (tertiary/aromatic N) is 1. The summed E-state index contributed by atoms with van der Waals surface area (Å²) < 4.78 is 5.53. The van der Waals surface area contributed by atoms with Crippen molar-refractivity contribution in [3.8, 4) is 5.75 Å². The Morgan fingerprint density at radius 2 is 2.00 bits per heavy atom. The number of halogens is 2. The van der Waals surface area contributed by atoms with Crippen molar-refractivity contribution in [2.24, 2.45) is 0 Å². The van der Waals surface area contributed by atoms with Crippen LogP contribution in [0.1, 0.15) is 19.8 Å². The molecule has 3 nitrogen and oxygen atoms in total. The van der Waals surface area contributed by atoms with Gasteiger partial charge in [0.1, 0.15) is 12.7 Å². The van der Waals surface area contributed by atoms with E-state index in [1.807, 2.05) is 0 Å². The van der Waals surface area contributed by atoms with Crippen molar-refractivity contribution in [2.45, 2.75) is 31.9 Å². The molecular formula is C14H19Cl2NO2. The normalized spacial score (nSPS) is 16.7. The Balaban J connectivity index is 1.84. The highest BCUT2D eigenvalue weighted by Gasteiger charge is 2.29. The van der Waals surface area contributed by atoms with E-state index in [0.29, 0.717) is 28.4 Å². The van der Waals surface area contributed by atoms with Crippen LogP contribution >= 0.6 is 23.2 Å². The Morgan fingerprint density at radius 3 is 2.53 bits per heavy atom. The Kier molecular flexibility index (Phi) is 5.34. The highest BCUT2D eigenvalue weighted by Crippen LogP contribution is 2.32. The van der Waals surface area contributed by atoms with Crippen molar-refractivity contribution in [3.05, 3.63) is 28.2 Å². The number of aliphatic hydroxyl groups excluding tert-OH is 1. The number of rotatable bonds is 7. The molecule has 0 aliphatic heterocycles. The zero-order valence-electron chi connectivity index (χ0n) is 11.0. The lowest BCUT2D eigenvalue weighted by molar-refractivity contribution is 0.0673. The van der Waals surface area contributed by atoms with E-state index in [9.17, 15) is 5.11 Å². The van der Waals surface area contributed by atoms with Crippen LogP contribution in [0.5, 0.6) is 5.75 Å². The first-order valence-electron chi connectivity index (χ1n) is 6.60. The molecule has 5 heteroatoms. The Hall–Kier alpha value is -0.480. The van der Waals surface area contributed by atoms with Crippen molar-refractivity contribution in [2.75, 3.05) is 19.7 Å². The highest BCUT2D eigenvalue weighted by atomic mass is 35.5. The third kappa shape index (κ3) is 4.25. The number of hydrogen-bond donors (Lipinski definition) is 1. The molecule has 0 heterocycles. The Bertz CT molecular complexity index is 404. The molecule has 1 fully saturated rings. The van der Waals surface area contributed by atoms with Crippen molar-refractivity contribution in [1.29, 1.82) is 0 Å². The Morgan fingerprint density at radius 1 is 1.37 bits per heavy atom. The summed E-state index contributed by atoms with van der Waals surface area (Å²) in [6, 6.07) is 5.85. The van der Waals surface area contributed by atoms with Gasteiger partial charge in [-0.1, -0.05) is 36.2 Å². The number of hydrogen-bond acceptors (Lipinski definition) is 3. The second-order valence-electron chi connectivity index (χ2n) is 4.83. The van der Waals surface area contributed by atoms with Crippen molar-refractivity contribution in [3.63, 3.8) is 0 Å². The quantitative estimate of drug-likeness (QED) is 0.839. The van der Waals surface area contributed by atoms with Crippen LogP contribution in [-0.2, 0) is 0 Å². The van der Waals surface area contributed by atoms with Gasteiger partial charge in [0.25, 0.3) is 0 Å². The van der Waals surface area contributed by atoms with Crippen LogP contribution < -0.4 is 4.74 Å². The number of likely N-dealkylation sites (N-methyl/N-ethyl adjacent to an activating group) is 1. The van der Waals surface area contributed by atoms with Gasteiger partial charge in [-0.15, -0.1) is 0 Å². The molecule has 0 radical (unpaired) electrons. The molecule has 1 aliphatic carbocycles. The molecule has 106 valence electrons. The fourth-order valence-corrected chi connectivity index (χ4v) is 2.61. The third-order valence-corrected chi connectivity index (χ3v) is 3.85. The Labute approximate surface area is 124 Å². The second-order valence-corrected chi connectivity index (χ2v) is 5.65. The highest BCUT2D eigenvalue weighted by molar-refractivity contribution is 6.37. The van der Waals surface area contributed by atoms with Gasteiger partial charge in [-0.25, -0.2) is 0 Å². The second kappa shape index (κ2) is 6.80. The molecule has 1 saturated carbocycles. The summed E-state index contributed by atoms with van der Waals surface area (Å²) in [5.74, 6) is 0.444. The summed E-state index contributed by atoms with van der Waals surface area (Å²) in [7, 11) is 0. The standard InChI is InChI=1S/C14H19Cl2NO2/c1-2-17(10-6-7-10)8-11(18)9-19-14-12(15)4-3-5-13(14)16/h3-5,10-11,18H,2,6-9H2,1H3. The van der Waals surface area contributed by atoms with Crippen LogP contribution in [0.2, 0.25) is 10.0 Å². The first kappa shape index (κ1) is 14.9. The van der Waals surface area contributed by atoms with Gasteiger partial charge in [-0.3, -0.25) is 4.90 Å². The minimum absolute atomic E-state index is 0.201. The van der Waals surface area contributed by atoms with Gasteiger partial charge in [-0.2, -0.15) is 0 Å². The molecule has 0 aromatic heterocycles. The molecule has 1 aromatic rings. The third-order valence-electron chi connectivity index (χ3n) is 3.25. The van der Waals surface area contributed by atoms with Crippen LogP contribution in [-0.4, -0.2) is 41.8 Å². The molecule has 1 N–H and O–H groups in total. The summed E-state index contributed by atoms with van der Waals surface area (Å²) in [5.41, 5.74) is 0. The monoisotopic (exact) mass is 303 g/mol. The topological polar surface area (TPSA) is 32.7 Å². The fourth-order valence-electron chi connectivity index (χ4n) is 2.10. The van der Waals surface area contributed by atoms with E-state index < -0.39 is 6.10 Å². The first-order chi connectivity index (χ1) is 9.11. The van der Waals surface area contributed by atoms with Crippen molar-refractivity contribution >= 4 is 23.2 Å². The summed E-state index contributed by atoms with van der Waals surface area (Å²) >= 11 is 12.0. The zero-order valence-corrected chi connectivity index (χ0v) is 12.5. The molecule has 1 atom stereocenters. The molecule has 0 bridgehead atoms. The molecule has 0 saturated heterocycles. The summed E-state index contributed by atoms with van der Waals surface area (Å²) in [6.45, 7) is 3.89. The van der Waals surface area contributed by atoms with Crippen molar-refractivity contribution < 1.29 is 9.84 Å². The van der Waals surface area contributed by atoms with Crippen LogP contribution in [0.15, 0.2) is 18.2 Å². The average molecular weight is 304 g/mol. The first-order valence-corrected chi connectivity index (χ1v) is 7.36. The molecule has 1 aromatic carbocycles. The van der Waals surface area contributed by atoms with Gasteiger partial charge in [-0.05, 0) is 31.5 Å². The summed E-state index contributed by atoms with van der Waals surface area (Å²) in [5, 5.41) is 11.0. The maximum Gasteiger partial charge on any atom is 0.156 e. The van der Waals surface area contributed by atoms with E-state index in [-0.39, 0.29) is 6.61 Å². The van der Waals surface area contributed by atoms with Gasteiger partial charge < -0.3 is 9.84 Å². The van der Waals surface area contributed by atoms with Gasteiger partial charge in [0.05, 0.1) is 10.0 Å². The van der Waals surface area contributed by atoms with E-state index in [2.05, 4.69) is 11.8 Å². The molecular weight excluding hydrogens is 285 g/mol. The maximum atomic E-state index is 10.0. The van der Waals surface area contributed by atoms with Gasteiger partial charge in [0.15, 0.2) is 5.75 Å². The van der Waals surface area contributed by atoms with Gasteiger partial charge in [0.2, 0.25) is 0 Å². The number of ether oxygens (including phenoxy) is 1. The lowest BCUT2D eigenvalue weighted by Crippen LogP contribution is -2.37. The molecule has 2 rings (SSSR count). The number of aliphatic hydroxyl groups is 1. The fraction of sp³-hybridized carbons (Fsp3) is 0.571. The largest absolute Gasteiger partial charge is 0.488 e. The summed E-state index contributed by atoms with van der Waals surface area (Å²) in [6.07, 6.45) is 1.93. The minimum atomic E-state index is -0.534. The van der Waals surface area contributed by atoms with Gasteiger partial charge in [0, 0.05) is 12.6 Å². The molecule has 19 heavy (non-hydrogen) atoms. The van der Waals surface area contributed by atoms with Gasteiger partial charge >= 0.3 is 0 Å². The lowest BCUT2D eigenvalue weighted by atomic mass is 10.3. The van der Waals surface area contributed by atoms with E-state index in [0.717, 1.165) is 6.54 Å². The predicted octanol–water partition coefficient (Wildman–Crippen LogP) is 3.22. The molecule has 0 spiro atoms. The maximum absolute atomic E-state index is 10.0. The van der Waals surface area contributed by atoms with Crippen LogP contribution in [0.4, 0.5) is 0 Å². The van der Waals surface area contributed by atoms with E-state index in [1.54, 1.807) is 18.2 Å². The smallest absolute Gasteiger partial charge is 0.156 e. The SMILES string of the molecule is CCN(CC(O)COc1c(Cl)cccc1Cl)C1CC1. The number of para-hydroxylation sites is 1. The van der Waals surface area contributed by atoms with E-state index >= 15 is 0 Å². The van der Waals surface area contributed by atoms with Crippen LogP contribution in [0.3, 0.4) is 0 Å². The zero-order chi connectivity index (χ0) is 13.8. The molecule has 1 aliphatic rings. The molecule has 1 unspecified atom stereocenters. The minimum Gasteiger partial charge on any atom is -0.488 e. The summed E-state index contributed by atoms with van der Waals surface area (Å²) in [4.78, 5) is 2.28. The van der Waals surface area contributed by atoms with E-state index in [4.69, 9.17) is 27.9 Å². The van der Waals surface area contributed by atoms with E-state index in [1.165, 1.54) is 12.8 Å². The lowest BCUT2D eigenvalue weighted by Gasteiger charge is -2.23. The number of benzene rings is 1. The average Bonchev–Trinajstić information content (AvgIpc) is 3.19. The van der Waals surface area contributed by atoms with Crippen LogP contribution in [0, 0.1) is 0 Å². The van der Waals surface area contributed by atoms with Crippen molar-refractivity contribution in [1.82, 2.24) is 4.90 Å². The molecule has 0 amide bonds.